The molecular weight excluding hydrogens is 144 g/mol. The smallest absolute Gasteiger partial charge is 0.122 e. The Hall–Kier alpha value is -1.32. The molecule has 4 nitrogen and oxygen atoms in total. The quantitative estimate of drug-likeness (QED) is 0.569. The number of hydrogen-bond donors (Lipinski definition) is 0. The molecule has 1 aliphatic rings. The Morgan fingerprint density at radius 3 is 2.64 bits per heavy atom. The summed E-state index contributed by atoms with van der Waals surface area (Å²) in [5, 5.41) is 5.65. The van der Waals surface area contributed by atoms with Gasteiger partial charge in [-0.15, -0.1) is 9.81 Å². The fraction of sp³-hybridized carbons (Fsp3) is 0.429. The van der Waals surface area contributed by atoms with Crippen molar-refractivity contribution < 1.29 is 0 Å². The van der Waals surface area contributed by atoms with Crippen LogP contribution in [-0.2, 0) is 0 Å². The van der Waals surface area contributed by atoms with Crippen LogP contribution in [-0.4, -0.2) is 5.54 Å². The third kappa shape index (κ3) is 1.58. The number of nitroso groups, excluding NO2 is 2. The number of nitrogens with zero attached hydrogens (tertiary/aromatic N) is 2. The van der Waals surface area contributed by atoms with Crippen LogP contribution in [0.3, 0.4) is 0 Å². The van der Waals surface area contributed by atoms with Gasteiger partial charge in [-0.3, -0.25) is 0 Å². The van der Waals surface area contributed by atoms with E-state index in [4.69, 9.17) is 0 Å². The van der Waals surface area contributed by atoms with E-state index in [1.54, 1.807) is 19.1 Å². The largest absolute Gasteiger partial charge is 0.150 e. The Balaban J connectivity index is 2.78. The first-order valence-electron chi connectivity index (χ1n) is 3.27. The Kier molecular flexibility index (Phi) is 1.94. The Labute approximate surface area is 63.9 Å². The molecule has 1 rings (SSSR count). The molecule has 0 aromatic carbocycles. The van der Waals surface area contributed by atoms with Crippen molar-refractivity contribution in [3.63, 3.8) is 0 Å². The normalized spacial score (nSPS) is 29.4. The van der Waals surface area contributed by atoms with Crippen LogP contribution < -0.4 is 0 Å². The highest BCUT2D eigenvalue weighted by molar-refractivity contribution is 5.27. The lowest BCUT2D eigenvalue weighted by Crippen LogP contribution is -2.18. The van der Waals surface area contributed by atoms with Crippen molar-refractivity contribution in [1.29, 1.82) is 0 Å². The first-order chi connectivity index (χ1) is 5.20. The van der Waals surface area contributed by atoms with Gasteiger partial charge in [-0.05, 0) is 24.6 Å². The molecule has 11 heavy (non-hydrogen) atoms. The molecule has 0 heterocycles. The third-order valence-electron chi connectivity index (χ3n) is 1.65. The van der Waals surface area contributed by atoms with Gasteiger partial charge in [0, 0.05) is 0 Å². The highest BCUT2D eigenvalue weighted by Crippen LogP contribution is 2.24. The molecule has 58 valence electrons. The molecule has 1 atom stereocenters. The molecule has 0 aromatic rings. The van der Waals surface area contributed by atoms with Gasteiger partial charge >= 0.3 is 0 Å². The van der Waals surface area contributed by atoms with Crippen LogP contribution in [0.15, 0.2) is 34.3 Å². The fourth-order valence-electron chi connectivity index (χ4n) is 0.848. The van der Waals surface area contributed by atoms with Crippen LogP contribution in [0, 0.1) is 9.81 Å². The average molecular weight is 152 g/mol. The van der Waals surface area contributed by atoms with Gasteiger partial charge in [0.25, 0.3) is 0 Å². The Morgan fingerprint density at radius 1 is 1.55 bits per heavy atom. The van der Waals surface area contributed by atoms with E-state index in [9.17, 15) is 9.81 Å². The van der Waals surface area contributed by atoms with Crippen LogP contribution in [0.1, 0.15) is 13.3 Å². The predicted molar refractivity (Wildman–Crippen MR) is 41.8 cm³/mol. The fourth-order valence-corrected chi connectivity index (χ4v) is 0.848. The second-order valence-corrected chi connectivity index (χ2v) is 2.71. The van der Waals surface area contributed by atoms with E-state index < -0.39 is 5.54 Å². The predicted octanol–water partition coefficient (Wildman–Crippen LogP) is 2.12. The van der Waals surface area contributed by atoms with Gasteiger partial charge in [0.1, 0.15) is 11.2 Å². The molecule has 0 fully saturated rings. The Morgan fingerprint density at radius 2 is 2.27 bits per heavy atom. The molecule has 1 aliphatic carbocycles. The monoisotopic (exact) mass is 152 g/mol. The van der Waals surface area contributed by atoms with E-state index in [1.165, 1.54) is 6.08 Å². The van der Waals surface area contributed by atoms with E-state index in [2.05, 4.69) is 10.4 Å². The summed E-state index contributed by atoms with van der Waals surface area (Å²) in [4.78, 5) is 20.2. The van der Waals surface area contributed by atoms with E-state index in [-0.39, 0.29) is 0 Å². The molecule has 0 aliphatic heterocycles. The molecule has 0 saturated carbocycles. The highest BCUT2D eigenvalue weighted by atomic mass is 16.3. The molecule has 0 amide bonds. The standard InChI is InChI=1S/C7H8N2O2/c1-7(9-11)4-2-6(8-10)3-5-7/h2-4H,5H2,1H3. The van der Waals surface area contributed by atoms with Gasteiger partial charge in [0.05, 0.1) is 0 Å². The zero-order valence-electron chi connectivity index (χ0n) is 6.15. The summed E-state index contributed by atoms with van der Waals surface area (Å²) < 4.78 is 0. The van der Waals surface area contributed by atoms with Crippen molar-refractivity contribution in [3.05, 3.63) is 33.7 Å². The third-order valence-corrected chi connectivity index (χ3v) is 1.65. The molecule has 4 heteroatoms. The second-order valence-electron chi connectivity index (χ2n) is 2.71. The van der Waals surface area contributed by atoms with Crippen LogP contribution in [0.4, 0.5) is 0 Å². The first kappa shape index (κ1) is 7.78. The van der Waals surface area contributed by atoms with E-state index in [0.717, 1.165) is 0 Å². The lowest BCUT2D eigenvalue weighted by molar-refractivity contribution is 0.584. The summed E-state index contributed by atoms with van der Waals surface area (Å²) in [5.74, 6) is 0. The lowest BCUT2D eigenvalue weighted by Gasteiger charge is -2.16. The van der Waals surface area contributed by atoms with Crippen molar-refractivity contribution in [1.82, 2.24) is 0 Å². The minimum Gasteiger partial charge on any atom is -0.150 e. The van der Waals surface area contributed by atoms with Crippen LogP contribution in [0.25, 0.3) is 0 Å². The summed E-state index contributed by atoms with van der Waals surface area (Å²) in [5.41, 5.74) is -0.320. The SMILES string of the molecule is CC1(N=O)C=CC(N=O)=CC1. The molecule has 0 spiro atoms. The van der Waals surface area contributed by atoms with Crippen molar-refractivity contribution in [2.75, 3.05) is 0 Å². The second kappa shape index (κ2) is 2.74. The minimum atomic E-state index is -0.686. The van der Waals surface area contributed by atoms with E-state index in [0.29, 0.717) is 12.1 Å². The maximum atomic E-state index is 10.2. The molecule has 0 saturated heterocycles. The topological polar surface area (TPSA) is 58.9 Å². The zero-order valence-corrected chi connectivity index (χ0v) is 6.15. The molecule has 0 aromatic heterocycles. The van der Waals surface area contributed by atoms with E-state index >= 15 is 0 Å². The summed E-state index contributed by atoms with van der Waals surface area (Å²) in [6, 6.07) is 0. The molecular formula is C7H8N2O2. The van der Waals surface area contributed by atoms with Gasteiger partial charge in [0.2, 0.25) is 0 Å². The molecule has 0 N–H and O–H groups in total. The number of hydrogen-bond acceptors (Lipinski definition) is 4. The molecule has 0 radical (unpaired) electrons. The summed E-state index contributed by atoms with van der Waals surface area (Å²) in [6.07, 6.45) is 5.16. The van der Waals surface area contributed by atoms with Crippen molar-refractivity contribution in [2.24, 2.45) is 10.4 Å². The van der Waals surface area contributed by atoms with Crippen LogP contribution in [0.2, 0.25) is 0 Å². The maximum Gasteiger partial charge on any atom is 0.122 e. The maximum absolute atomic E-state index is 10.2. The van der Waals surface area contributed by atoms with Gasteiger partial charge < -0.3 is 0 Å². The van der Waals surface area contributed by atoms with Gasteiger partial charge in [-0.25, -0.2) is 0 Å². The Bertz CT molecular complexity index is 245. The van der Waals surface area contributed by atoms with Crippen LogP contribution >= 0.6 is 0 Å². The van der Waals surface area contributed by atoms with Crippen LogP contribution in [0.5, 0.6) is 0 Å². The first-order valence-corrected chi connectivity index (χ1v) is 3.27. The summed E-state index contributed by atoms with van der Waals surface area (Å²) in [6.45, 7) is 1.70. The highest BCUT2D eigenvalue weighted by Gasteiger charge is 2.23. The minimum absolute atomic E-state index is 0.367. The number of rotatable bonds is 2. The molecule has 1 unspecified atom stereocenters. The van der Waals surface area contributed by atoms with Crippen molar-refractivity contribution >= 4 is 0 Å². The van der Waals surface area contributed by atoms with Gasteiger partial charge in [-0.2, -0.15) is 0 Å². The summed E-state index contributed by atoms with van der Waals surface area (Å²) in [7, 11) is 0. The average Bonchev–Trinajstić information content (AvgIpc) is 2.06. The van der Waals surface area contributed by atoms with E-state index in [1.807, 2.05) is 0 Å². The lowest BCUT2D eigenvalue weighted by atomic mass is 9.94. The van der Waals surface area contributed by atoms with Crippen molar-refractivity contribution in [2.45, 2.75) is 18.9 Å². The van der Waals surface area contributed by atoms with Crippen molar-refractivity contribution in [3.8, 4) is 0 Å². The number of allylic oxidation sites excluding steroid dienone is 1. The van der Waals surface area contributed by atoms with Gasteiger partial charge in [0.15, 0.2) is 0 Å². The zero-order chi connectivity index (χ0) is 8.32. The molecule has 0 bridgehead atoms. The summed E-state index contributed by atoms with van der Waals surface area (Å²) >= 11 is 0. The van der Waals surface area contributed by atoms with Gasteiger partial charge in [-0.1, -0.05) is 17.3 Å².